The smallest absolute Gasteiger partial charge is 0.173 e. The van der Waals surface area contributed by atoms with Crippen molar-refractivity contribution in [2.75, 3.05) is 5.33 Å². The Balaban J connectivity index is 2.12. The number of ketones is 1. The van der Waals surface area contributed by atoms with E-state index in [1.807, 2.05) is 25.1 Å². The van der Waals surface area contributed by atoms with E-state index in [4.69, 9.17) is 4.74 Å². The standard InChI is InChI=1S/C15H17BrO2/c1-11-9-12(14(17)10-16)7-8-15(11)18-13-5-3-2-4-6-13/h3,5,7-9,13H,2,4,6,10H2,1H3. The van der Waals surface area contributed by atoms with Gasteiger partial charge in [-0.15, -0.1) is 0 Å². The molecule has 18 heavy (non-hydrogen) atoms. The number of hydrogen-bond donors (Lipinski definition) is 0. The van der Waals surface area contributed by atoms with Gasteiger partial charge in [0.25, 0.3) is 0 Å². The van der Waals surface area contributed by atoms with Crippen molar-refractivity contribution in [2.45, 2.75) is 32.3 Å². The molecule has 2 nitrogen and oxygen atoms in total. The van der Waals surface area contributed by atoms with Crippen molar-refractivity contribution in [1.82, 2.24) is 0 Å². The van der Waals surface area contributed by atoms with Gasteiger partial charge in [-0.3, -0.25) is 4.79 Å². The molecule has 0 saturated heterocycles. The Hall–Kier alpha value is -1.09. The molecule has 0 bridgehead atoms. The third-order valence-corrected chi connectivity index (χ3v) is 3.62. The zero-order valence-corrected chi connectivity index (χ0v) is 12.1. The minimum atomic E-state index is 0.0993. The lowest BCUT2D eigenvalue weighted by Crippen LogP contribution is -2.16. The third-order valence-electron chi connectivity index (χ3n) is 3.11. The van der Waals surface area contributed by atoms with Crippen LogP contribution in [0.1, 0.15) is 35.2 Å². The number of carbonyl (C=O) groups excluding carboxylic acids is 1. The fraction of sp³-hybridized carbons (Fsp3) is 0.400. The molecule has 3 heteroatoms. The van der Waals surface area contributed by atoms with Crippen LogP contribution in [-0.4, -0.2) is 17.2 Å². The molecule has 1 aromatic carbocycles. The van der Waals surface area contributed by atoms with Crippen LogP contribution in [0.25, 0.3) is 0 Å². The van der Waals surface area contributed by atoms with Crippen LogP contribution in [0, 0.1) is 6.92 Å². The molecule has 1 aromatic rings. The molecule has 0 aliphatic heterocycles. The van der Waals surface area contributed by atoms with Crippen molar-refractivity contribution in [1.29, 1.82) is 0 Å². The molecule has 1 atom stereocenters. The highest BCUT2D eigenvalue weighted by atomic mass is 79.9. The largest absolute Gasteiger partial charge is 0.486 e. The Labute approximate surface area is 116 Å². The van der Waals surface area contributed by atoms with Crippen molar-refractivity contribution >= 4 is 21.7 Å². The van der Waals surface area contributed by atoms with Gasteiger partial charge in [0.1, 0.15) is 11.9 Å². The molecule has 0 heterocycles. The van der Waals surface area contributed by atoms with E-state index < -0.39 is 0 Å². The lowest BCUT2D eigenvalue weighted by molar-refractivity contribution is 0.102. The number of benzene rings is 1. The number of Topliss-reactive ketones (excluding diaryl/α,β-unsaturated/α-hetero) is 1. The van der Waals surface area contributed by atoms with E-state index in [-0.39, 0.29) is 11.9 Å². The summed E-state index contributed by atoms with van der Waals surface area (Å²) in [4.78, 5) is 11.6. The van der Waals surface area contributed by atoms with Crippen LogP contribution >= 0.6 is 15.9 Å². The zero-order chi connectivity index (χ0) is 13.0. The lowest BCUT2D eigenvalue weighted by Gasteiger charge is -2.20. The van der Waals surface area contributed by atoms with E-state index in [1.54, 1.807) is 0 Å². The predicted molar refractivity (Wildman–Crippen MR) is 76.7 cm³/mol. The second kappa shape index (κ2) is 6.19. The molecule has 0 saturated carbocycles. The molecular formula is C15H17BrO2. The molecule has 0 spiro atoms. The van der Waals surface area contributed by atoms with E-state index >= 15 is 0 Å². The van der Waals surface area contributed by atoms with Gasteiger partial charge in [0.2, 0.25) is 0 Å². The second-order valence-corrected chi connectivity index (χ2v) is 5.11. The molecule has 0 radical (unpaired) electrons. The first-order valence-electron chi connectivity index (χ1n) is 6.24. The van der Waals surface area contributed by atoms with Crippen molar-refractivity contribution in [2.24, 2.45) is 0 Å². The summed E-state index contributed by atoms with van der Waals surface area (Å²) >= 11 is 3.18. The monoisotopic (exact) mass is 308 g/mol. The molecule has 1 aliphatic rings. The fourth-order valence-corrected chi connectivity index (χ4v) is 2.40. The maximum atomic E-state index is 11.6. The Bertz CT molecular complexity index is 466. The zero-order valence-electron chi connectivity index (χ0n) is 10.5. The van der Waals surface area contributed by atoms with E-state index in [2.05, 4.69) is 28.1 Å². The number of rotatable bonds is 4. The third kappa shape index (κ3) is 3.22. The number of ether oxygens (including phenoxy) is 1. The van der Waals surface area contributed by atoms with Crippen LogP contribution in [0.2, 0.25) is 0 Å². The van der Waals surface area contributed by atoms with Gasteiger partial charge in [-0.05, 0) is 56.0 Å². The highest BCUT2D eigenvalue weighted by Gasteiger charge is 2.12. The van der Waals surface area contributed by atoms with E-state index in [1.165, 1.54) is 6.42 Å². The maximum Gasteiger partial charge on any atom is 0.173 e. The topological polar surface area (TPSA) is 26.3 Å². The van der Waals surface area contributed by atoms with Gasteiger partial charge < -0.3 is 4.74 Å². The van der Waals surface area contributed by atoms with E-state index in [9.17, 15) is 4.79 Å². The van der Waals surface area contributed by atoms with Crippen molar-refractivity contribution < 1.29 is 9.53 Å². The van der Waals surface area contributed by atoms with E-state index in [0.717, 1.165) is 29.7 Å². The summed E-state index contributed by atoms with van der Waals surface area (Å²) in [7, 11) is 0. The SMILES string of the molecule is Cc1cc(C(=O)CBr)ccc1OC1C=CCCC1. The van der Waals surface area contributed by atoms with Gasteiger partial charge in [-0.2, -0.15) is 0 Å². The van der Waals surface area contributed by atoms with Crippen LogP contribution in [0.5, 0.6) is 5.75 Å². The Morgan fingerprint density at radius 1 is 1.50 bits per heavy atom. The summed E-state index contributed by atoms with van der Waals surface area (Å²) in [6.07, 6.45) is 7.87. The van der Waals surface area contributed by atoms with Gasteiger partial charge in [0.15, 0.2) is 5.78 Å². The molecule has 1 unspecified atom stereocenters. The number of carbonyl (C=O) groups is 1. The molecule has 0 fully saturated rings. The van der Waals surface area contributed by atoms with Crippen LogP contribution in [0.15, 0.2) is 30.4 Å². The van der Waals surface area contributed by atoms with Gasteiger partial charge in [-0.1, -0.05) is 22.0 Å². The Kier molecular flexibility index (Phi) is 4.59. The first kappa shape index (κ1) is 13.3. The predicted octanol–water partition coefficient (Wildman–Crippen LogP) is 4.06. The van der Waals surface area contributed by atoms with Crippen LogP contribution in [-0.2, 0) is 0 Å². The van der Waals surface area contributed by atoms with Gasteiger partial charge in [0, 0.05) is 5.56 Å². The van der Waals surface area contributed by atoms with Gasteiger partial charge in [0.05, 0.1) is 5.33 Å². The first-order chi connectivity index (χ1) is 8.70. The molecule has 0 aromatic heterocycles. The summed E-state index contributed by atoms with van der Waals surface area (Å²) in [6, 6.07) is 5.62. The fourth-order valence-electron chi connectivity index (χ4n) is 2.07. The van der Waals surface area contributed by atoms with Gasteiger partial charge in [-0.25, -0.2) is 0 Å². The summed E-state index contributed by atoms with van der Waals surface area (Å²) in [6.45, 7) is 1.98. The van der Waals surface area contributed by atoms with Crippen LogP contribution in [0.3, 0.4) is 0 Å². The normalized spacial score (nSPS) is 18.7. The summed E-state index contributed by atoms with van der Waals surface area (Å²) in [5.74, 6) is 0.972. The number of alkyl halides is 1. The highest BCUT2D eigenvalue weighted by molar-refractivity contribution is 9.09. The average molecular weight is 309 g/mol. The molecule has 96 valence electrons. The summed E-state index contributed by atoms with van der Waals surface area (Å²) < 4.78 is 5.94. The van der Waals surface area contributed by atoms with Gasteiger partial charge >= 0.3 is 0 Å². The molecule has 2 rings (SSSR count). The number of hydrogen-bond acceptors (Lipinski definition) is 2. The number of halogens is 1. The Morgan fingerprint density at radius 3 is 2.94 bits per heavy atom. The molecule has 0 N–H and O–H groups in total. The van der Waals surface area contributed by atoms with Crippen LogP contribution in [0.4, 0.5) is 0 Å². The lowest BCUT2D eigenvalue weighted by atomic mass is 10.0. The number of allylic oxidation sites excluding steroid dienone is 1. The van der Waals surface area contributed by atoms with Crippen molar-refractivity contribution in [3.8, 4) is 5.75 Å². The summed E-state index contributed by atoms with van der Waals surface area (Å²) in [5, 5.41) is 0.359. The Morgan fingerprint density at radius 2 is 2.33 bits per heavy atom. The average Bonchev–Trinajstić information content (AvgIpc) is 2.41. The minimum absolute atomic E-state index is 0.0993. The molecule has 1 aliphatic carbocycles. The minimum Gasteiger partial charge on any atom is -0.486 e. The quantitative estimate of drug-likeness (QED) is 0.476. The van der Waals surface area contributed by atoms with E-state index in [0.29, 0.717) is 5.33 Å². The number of aryl methyl sites for hydroxylation is 1. The molecule has 0 amide bonds. The van der Waals surface area contributed by atoms with Crippen molar-refractivity contribution in [3.05, 3.63) is 41.5 Å². The second-order valence-electron chi connectivity index (χ2n) is 4.55. The first-order valence-corrected chi connectivity index (χ1v) is 7.36. The summed E-state index contributed by atoms with van der Waals surface area (Å²) in [5.41, 5.74) is 1.75. The van der Waals surface area contributed by atoms with Crippen LogP contribution < -0.4 is 4.74 Å². The van der Waals surface area contributed by atoms with Crippen molar-refractivity contribution in [3.63, 3.8) is 0 Å². The maximum absolute atomic E-state index is 11.6. The molecular weight excluding hydrogens is 292 g/mol. The highest BCUT2D eigenvalue weighted by Crippen LogP contribution is 2.24.